The maximum atomic E-state index is 5.05. The maximum Gasteiger partial charge on any atom is 0.213 e. The van der Waals surface area contributed by atoms with Crippen molar-refractivity contribution in [2.75, 3.05) is 20.7 Å². The van der Waals surface area contributed by atoms with E-state index in [-0.39, 0.29) is 24.0 Å². The number of aromatic nitrogens is 1. The molecule has 1 aromatic rings. The van der Waals surface area contributed by atoms with Crippen LogP contribution in [0.5, 0.6) is 5.88 Å². The van der Waals surface area contributed by atoms with Gasteiger partial charge in [-0.25, -0.2) is 4.98 Å². The van der Waals surface area contributed by atoms with Gasteiger partial charge in [0.05, 0.1) is 7.11 Å². The second kappa shape index (κ2) is 9.69. The molecule has 0 aliphatic rings. The first-order valence-corrected chi connectivity index (χ1v) is 5.34. The number of halogens is 1. The fourth-order valence-electron chi connectivity index (χ4n) is 1.25. The Labute approximate surface area is 125 Å². The largest absolute Gasteiger partial charge is 0.481 e. The minimum absolute atomic E-state index is 0. The Kier molecular flexibility index (Phi) is 8.99. The Bertz CT molecular complexity index is 395. The SMILES string of the molecule is C=CCNC(=NC)NCc1ccnc(OC)c1.I. The number of hydrogen-bond acceptors (Lipinski definition) is 3. The smallest absolute Gasteiger partial charge is 0.213 e. The molecule has 0 aliphatic heterocycles. The second-order valence-electron chi connectivity index (χ2n) is 3.30. The van der Waals surface area contributed by atoms with Crippen LogP contribution in [0.25, 0.3) is 0 Å². The van der Waals surface area contributed by atoms with Crippen molar-refractivity contribution in [2.24, 2.45) is 4.99 Å². The molecule has 0 spiro atoms. The molecular formula is C12H19IN4O. The van der Waals surface area contributed by atoms with Crippen molar-refractivity contribution in [1.82, 2.24) is 15.6 Å². The monoisotopic (exact) mass is 362 g/mol. The van der Waals surface area contributed by atoms with Gasteiger partial charge >= 0.3 is 0 Å². The zero-order valence-electron chi connectivity index (χ0n) is 10.6. The first-order chi connectivity index (χ1) is 8.30. The molecule has 0 bridgehead atoms. The van der Waals surface area contributed by atoms with Crippen LogP contribution in [0, 0.1) is 0 Å². The molecule has 1 aromatic heterocycles. The lowest BCUT2D eigenvalue weighted by Gasteiger charge is -2.10. The fourth-order valence-corrected chi connectivity index (χ4v) is 1.25. The molecule has 0 aromatic carbocycles. The summed E-state index contributed by atoms with van der Waals surface area (Å²) in [5, 5.41) is 6.27. The predicted molar refractivity (Wildman–Crippen MR) is 84.6 cm³/mol. The van der Waals surface area contributed by atoms with E-state index in [0.29, 0.717) is 19.0 Å². The summed E-state index contributed by atoms with van der Waals surface area (Å²) in [4.78, 5) is 8.13. The van der Waals surface area contributed by atoms with Gasteiger partial charge in [0.1, 0.15) is 0 Å². The molecule has 0 saturated heterocycles. The Hall–Kier alpha value is -1.31. The third kappa shape index (κ3) is 5.85. The number of nitrogens with zero attached hydrogens (tertiary/aromatic N) is 2. The molecule has 2 N–H and O–H groups in total. The molecule has 1 heterocycles. The van der Waals surface area contributed by atoms with Gasteiger partial charge in [-0.2, -0.15) is 0 Å². The van der Waals surface area contributed by atoms with Gasteiger partial charge in [-0.1, -0.05) is 6.08 Å². The molecule has 0 fully saturated rings. The Morgan fingerprint density at radius 1 is 1.56 bits per heavy atom. The number of aliphatic imine (C=N–C) groups is 1. The highest BCUT2D eigenvalue weighted by molar-refractivity contribution is 14.0. The van der Waals surface area contributed by atoms with Crippen LogP contribution in [0.4, 0.5) is 0 Å². The van der Waals surface area contributed by atoms with Gasteiger partial charge in [0.15, 0.2) is 5.96 Å². The van der Waals surface area contributed by atoms with Gasteiger partial charge in [0, 0.05) is 32.4 Å². The van der Waals surface area contributed by atoms with E-state index in [1.165, 1.54) is 0 Å². The normalized spacial score (nSPS) is 10.2. The summed E-state index contributed by atoms with van der Waals surface area (Å²) >= 11 is 0. The van der Waals surface area contributed by atoms with Crippen molar-refractivity contribution in [2.45, 2.75) is 6.54 Å². The first-order valence-electron chi connectivity index (χ1n) is 5.34. The molecule has 5 nitrogen and oxygen atoms in total. The second-order valence-corrected chi connectivity index (χ2v) is 3.30. The molecule has 1 rings (SSSR count). The highest BCUT2D eigenvalue weighted by Crippen LogP contribution is 2.07. The molecule has 0 aliphatic carbocycles. The summed E-state index contributed by atoms with van der Waals surface area (Å²) in [6.07, 6.45) is 3.50. The van der Waals surface area contributed by atoms with Crippen molar-refractivity contribution in [3.63, 3.8) is 0 Å². The van der Waals surface area contributed by atoms with Gasteiger partial charge in [-0.3, -0.25) is 4.99 Å². The molecule has 6 heteroatoms. The van der Waals surface area contributed by atoms with Gasteiger partial charge < -0.3 is 15.4 Å². The van der Waals surface area contributed by atoms with E-state index >= 15 is 0 Å². The molecule has 0 saturated carbocycles. The van der Waals surface area contributed by atoms with Gasteiger partial charge in [0.2, 0.25) is 5.88 Å². The molecular weight excluding hydrogens is 343 g/mol. The van der Waals surface area contributed by atoms with Crippen molar-refractivity contribution in [3.8, 4) is 5.88 Å². The van der Waals surface area contributed by atoms with Crippen LogP contribution in [0.15, 0.2) is 36.0 Å². The number of hydrogen-bond donors (Lipinski definition) is 2. The molecule has 0 unspecified atom stereocenters. The lowest BCUT2D eigenvalue weighted by molar-refractivity contribution is 0.397. The number of nitrogens with one attached hydrogen (secondary N) is 2. The van der Waals surface area contributed by atoms with Crippen LogP contribution < -0.4 is 15.4 Å². The van der Waals surface area contributed by atoms with Crippen LogP contribution in [0.3, 0.4) is 0 Å². The zero-order valence-corrected chi connectivity index (χ0v) is 13.0. The summed E-state index contributed by atoms with van der Waals surface area (Å²) in [5.74, 6) is 1.35. The average molecular weight is 362 g/mol. The topological polar surface area (TPSA) is 58.5 Å². The van der Waals surface area contributed by atoms with E-state index in [4.69, 9.17) is 4.74 Å². The fraction of sp³-hybridized carbons (Fsp3) is 0.333. The summed E-state index contributed by atoms with van der Waals surface area (Å²) in [7, 11) is 3.33. The lowest BCUT2D eigenvalue weighted by atomic mass is 10.2. The molecule has 0 amide bonds. The molecule has 100 valence electrons. The Morgan fingerprint density at radius 3 is 2.94 bits per heavy atom. The van der Waals surface area contributed by atoms with Crippen LogP contribution in [0.2, 0.25) is 0 Å². The van der Waals surface area contributed by atoms with Gasteiger partial charge in [-0.15, -0.1) is 30.6 Å². The summed E-state index contributed by atoms with van der Waals surface area (Å²) < 4.78 is 5.05. The zero-order chi connectivity index (χ0) is 12.5. The summed E-state index contributed by atoms with van der Waals surface area (Å²) in [6, 6.07) is 3.81. The first kappa shape index (κ1) is 16.7. The lowest BCUT2D eigenvalue weighted by Crippen LogP contribution is -2.36. The third-order valence-corrected chi connectivity index (χ3v) is 2.11. The molecule has 18 heavy (non-hydrogen) atoms. The standard InChI is InChI=1S/C12H18N4O.HI/c1-4-6-15-12(13-2)16-9-10-5-7-14-11(8-10)17-3;/h4-5,7-8H,1,6,9H2,2-3H3,(H2,13,15,16);1H. The van der Waals surface area contributed by atoms with E-state index in [0.717, 1.165) is 11.5 Å². The van der Waals surface area contributed by atoms with Crippen LogP contribution in [-0.4, -0.2) is 31.6 Å². The summed E-state index contributed by atoms with van der Waals surface area (Å²) in [5.41, 5.74) is 1.08. The van der Waals surface area contributed by atoms with Crippen molar-refractivity contribution < 1.29 is 4.74 Å². The number of rotatable bonds is 5. The minimum atomic E-state index is 0. The van der Waals surface area contributed by atoms with Crippen molar-refractivity contribution >= 4 is 29.9 Å². The number of guanidine groups is 1. The van der Waals surface area contributed by atoms with Crippen LogP contribution in [0.1, 0.15) is 5.56 Å². The molecule has 0 radical (unpaired) electrons. The average Bonchev–Trinajstić information content (AvgIpc) is 2.39. The van der Waals surface area contributed by atoms with Crippen molar-refractivity contribution in [3.05, 3.63) is 36.5 Å². The van der Waals surface area contributed by atoms with E-state index in [1.807, 2.05) is 12.1 Å². The van der Waals surface area contributed by atoms with Gasteiger partial charge in [-0.05, 0) is 11.6 Å². The van der Waals surface area contributed by atoms with E-state index in [9.17, 15) is 0 Å². The summed E-state index contributed by atoms with van der Waals surface area (Å²) in [6.45, 7) is 4.98. The Balaban J connectivity index is 0.00000289. The number of pyridine rings is 1. The van der Waals surface area contributed by atoms with E-state index in [1.54, 1.807) is 26.4 Å². The minimum Gasteiger partial charge on any atom is -0.481 e. The highest BCUT2D eigenvalue weighted by atomic mass is 127. The Morgan fingerprint density at radius 2 is 2.33 bits per heavy atom. The van der Waals surface area contributed by atoms with Gasteiger partial charge in [0.25, 0.3) is 0 Å². The highest BCUT2D eigenvalue weighted by Gasteiger charge is 1.99. The third-order valence-electron chi connectivity index (χ3n) is 2.11. The number of methoxy groups -OCH3 is 1. The molecule has 0 atom stereocenters. The predicted octanol–water partition coefficient (Wildman–Crippen LogP) is 1.56. The van der Waals surface area contributed by atoms with Crippen LogP contribution in [-0.2, 0) is 6.54 Å². The van der Waals surface area contributed by atoms with Crippen LogP contribution >= 0.6 is 24.0 Å². The quantitative estimate of drug-likeness (QED) is 0.361. The van der Waals surface area contributed by atoms with E-state index < -0.39 is 0 Å². The number of ether oxygens (including phenoxy) is 1. The van der Waals surface area contributed by atoms with E-state index in [2.05, 4.69) is 27.2 Å². The maximum absolute atomic E-state index is 5.05. The van der Waals surface area contributed by atoms with Crippen molar-refractivity contribution in [1.29, 1.82) is 0 Å².